The quantitative estimate of drug-likeness (QED) is 0.698. The summed E-state index contributed by atoms with van der Waals surface area (Å²) in [7, 11) is 0. The maximum atomic E-state index is 12.2. The molecule has 2 aromatic rings. The fourth-order valence-electron chi connectivity index (χ4n) is 2.67. The summed E-state index contributed by atoms with van der Waals surface area (Å²) in [6, 6.07) is 15.9. The molecule has 0 saturated carbocycles. The highest BCUT2D eigenvalue weighted by Crippen LogP contribution is 2.29. The van der Waals surface area contributed by atoms with Gasteiger partial charge in [-0.15, -0.1) is 0 Å². The molecule has 0 atom stereocenters. The van der Waals surface area contributed by atoms with Gasteiger partial charge in [-0.05, 0) is 47.7 Å². The van der Waals surface area contributed by atoms with E-state index in [1.807, 2.05) is 42.5 Å². The van der Waals surface area contributed by atoms with Gasteiger partial charge in [0.05, 0.1) is 0 Å². The third-order valence-electron chi connectivity index (χ3n) is 4.04. The predicted octanol–water partition coefficient (Wildman–Crippen LogP) is 4.80. The number of anilines is 1. The van der Waals surface area contributed by atoms with Crippen LogP contribution < -0.4 is 10.6 Å². The van der Waals surface area contributed by atoms with Gasteiger partial charge in [0.15, 0.2) is 0 Å². The predicted molar refractivity (Wildman–Crippen MR) is 106 cm³/mol. The van der Waals surface area contributed by atoms with Crippen molar-refractivity contribution >= 4 is 23.2 Å². The molecule has 4 heteroatoms. The Morgan fingerprint density at radius 1 is 1.00 bits per heavy atom. The second-order valence-electron chi connectivity index (χ2n) is 7.22. The highest BCUT2D eigenvalue weighted by molar-refractivity contribution is 6.30. The van der Waals surface area contributed by atoms with E-state index >= 15 is 0 Å². The summed E-state index contributed by atoms with van der Waals surface area (Å²) in [4.78, 5) is 12.2. The first-order valence-corrected chi connectivity index (χ1v) is 9.08. The van der Waals surface area contributed by atoms with Crippen LogP contribution in [0, 0.1) is 0 Å². The van der Waals surface area contributed by atoms with Crippen molar-refractivity contribution in [1.29, 1.82) is 0 Å². The number of amides is 1. The van der Waals surface area contributed by atoms with Crippen molar-refractivity contribution in [3.63, 3.8) is 0 Å². The van der Waals surface area contributed by atoms with Crippen molar-refractivity contribution in [1.82, 2.24) is 5.32 Å². The van der Waals surface area contributed by atoms with Crippen LogP contribution in [0.15, 0.2) is 48.5 Å². The van der Waals surface area contributed by atoms with Crippen molar-refractivity contribution in [3.8, 4) is 0 Å². The molecule has 0 spiro atoms. The zero-order valence-corrected chi connectivity index (χ0v) is 16.0. The molecule has 0 fully saturated rings. The van der Waals surface area contributed by atoms with Crippen LogP contribution in [-0.4, -0.2) is 19.0 Å². The van der Waals surface area contributed by atoms with E-state index in [9.17, 15) is 4.79 Å². The topological polar surface area (TPSA) is 41.1 Å². The van der Waals surface area contributed by atoms with Crippen LogP contribution in [0.4, 0.5) is 5.69 Å². The van der Waals surface area contributed by atoms with E-state index in [0.717, 1.165) is 29.2 Å². The Balaban J connectivity index is 1.73. The van der Waals surface area contributed by atoms with Gasteiger partial charge in [0.1, 0.15) is 0 Å². The molecule has 2 aromatic carbocycles. The molecule has 0 aromatic heterocycles. The number of carbonyl (C=O) groups is 1. The molecule has 2 N–H and O–H groups in total. The van der Waals surface area contributed by atoms with Gasteiger partial charge in [0, 0.05) is 23.7 Å². The lowest BCUT2D eigenvalue weighted by Gasteiger charge is -2.23. The van der Waals surface area contributed by atoms with Crippen molar-refractivity contribution in [3.05, 3.63) is 64.7 Å². The van der Waals surface area contributed by atoms with E-state index in [-0.39, 0.29) is 11.3 Å². The second-order valence-corrected chi connectivity index (χ2v) is 7.66. The average Bonchev–Trinajstić information content (AvgIpc) is 2.56. The molecule has 0 aliphatic rings. The molecule has 0 aliphatic carbocycles. The lowest BCUT2D eigenvalue weighted by atomic mass is 9.86. The Bertz CT molecular complexity index is 690. The molecule has 1 amide bonds. The minimum absolute atomic E-state index is 0.000698. The summed E-state index contributed by atoms with van der Waals surface area (Å²) in [6.45, 7) is 7.95. The zero-order chi connectivity index (χ0) is 18.3. The summed E-state index contributed by atoms with van der Waals surface area (Å²) in [5.74, 6) is 0.0377. The first-order chi connectivity index (χ1) is 11.9. The van der Waals surface area contributed by atoms with Gasteiger partial charge >= 0.3 is 0 Å². The summed E-state index contributed by atoms with van der Waals surface area (Å²) in [5.41, 5.74) is 3.29. The number of hydrogen-bond acceptors (Lipinski definition) is 2. The van der Waals surface area contributed by atoms with Crippen LogP contribution in [0.3, 0.4) is 0 Å². The molecule has 0 bridgehead atoms. The van der Waals surface area contributed by atoms with Crippen LogP contribution in [0.1, 0.15) is 38.3 Å². The molecule has 0 unspecified atom stereocenters. The first kappa shape index (κ1) is 19.5. The number of hydrogen-bond donors (Lipinski definition) is 2. The fraction of sp³-hybridized carbons (Fsp3) is 0.381. The van der Waals surface area contributed by atoms with Crippen LogP contribution in [0.5, 0.6) is 0 Å². The molecule has 25 heavy (non-hydrogen) atoms. The number of halogens is 1. The number of rotatable bonds is 7. The van der Waals surface area contributed by atoms with Crippen LogP contribution in [0.25, 0.3) is 0 Å². The van der Waals surface area contributed by atoms with E-state index < -0.39 is 0 Å². The summed E-state index contributed by atoms with van der Waals surface area (Å²) >= 11 is 5.88. The van der Waals surface area contributed by atoms with Crippen molar-refractivity contribution in [2.75, 3.05) is 18.4 Å². The summed E-state index contributed by atoms with van der Waals surface area (Å²) in [6.07, 6.45) is 1.38. The van der Waals surface area contributed by atoms with E-state index in [1.165, 1.54) is 5.56 Å². The van der Waals surface area contributed by atoms with Crippen molar-refractivity contribution in [2.24, 2.45) is 0 Å². The minimum Gasteiger partial charge on any atom is -0.326 e. The molecule has 3 nitrogen and oxygen atoms in total. The molecule has 134 valence electrons. The highest BCUT2D eigenvalue weighted by Gasteiger charge is 2.18. The van der Waals surface area contributed by atoms with Gasteiger partial charge in [-0.3, -0.25) is 4.79 Å². The number of benzene rings is 2. The first-order valence-electron chi connectivity index (χ1n) is 8.71. The maximum absolute atomic E-state index is 12.2. The molecular weight excluding hydrogens is 332 g/mol. The largest absolute Gasteiger partial charge is 0.326 e. The lowest BCUT2D eigenvalue weighted by molar-refractivity contribution is -0.116. The fourth-order valence-corrected chi connectivity index (χ4v) is 2.80. The Kier molecular flexibility index (Phi) is 7.03. The third-order valence-corrected chi connectivity index (χ3v) is 4.29. The second kappa shape index (κ2) is 9.02. The van der Waals surface area contributed by atoms with Gasteiger partial charge in [-0.25, -0.2) is 0 Å². The maximum Gasteiger partial charge on any atom is 0.225 e. The Labute approximate surface area is 155 Å². The van der Waals surface area contributed by atoms with E-state index in [4.69, 9.17) is 11.6 Å². The minimum atomic E-state index is 0.000698. The molecule has 0 aliphatic heterocycles. The zero-order valence-electron chi connectivity index (χ0n) is 15.2. The van der Waals surface area contributed by atoms with Gasteiger partial charge in [0.2, 0.25) is 5.91 Å². The van der Waals surface area contributed by atoms with Crippen LogP contribution in [-0.2, 0) is 16.6 Å². The smallest absolute Gasteiger partial charge is 0.225 e. The standard InChI is InChI=1S/C21H27ClN2O/c1-21(2,3)18-6-4-5-7-19(18)24-20(25)13-15-23-14-12-16-8-10-17(22)11-9-16/h4-11,23H,12-15H2,1-3H3,(H,24,25). The number of para-hydroxylation sites is 1. The van der Waals surface area contributed by atoms with Crippen molar-refractivity contribution < 1.29 is 4.79 Å². The SMILES string of the molecule is CC(C)(C)c1ccccc1NC(=O)CCNCCc1ccc(Cl)cc1. The Morgan fingerprint density at radius 2 is 1.68 bits per heavy atom. The van der Waals surface area contributed by atoms with E-state index in [1.54, 1.807) is 0 Å². The van der Waals surface area contributed by atoms with Crippen LogP contribution >= 0.6 is 11.6 Å². The summed E-state index contributed by atoms with van der Waals surface area (Å²) in [5, 5.41) is 7.11. The van der Waals surface area contributed by atoms with Gasteiger partial charge in [0.25, 0.3) is 0 Å². The Hall–Kier alpha value is -1.84. The molecule has 0 saturated heterocycles. The van der Waals surface area contributed by atoms with E-state index in [2.05, 4.69) is 37.5 Å². The highest BCUT2D eigenvalue weighted by atomic mass is 35.5. The molecule has 0 radical (unpaired) electrons. The normalized spacial score (nSPS) is 11.4. The number of carbonyl (C=O) groups excluding carboxylic acids is 1. The Morgan fingerprint density at radius 3 is 2.36 bits per heavy atom. The van der Waals surface area contributed by atoms with Crippen molar-refractivity contribution in [2.45, 2.75) is 39.0 Å². The molecule has 2 rings (SSSR count). The van der Waals surface area contributed by atoms with E-state index in [0.29, 0.717) is 13.0 Å². The van der Waals surface area contributed by atoms with Gasteiger partial charge in [-0.2, -0.15) is 0 Å². The molecular formula is C21H27ClN2O. The van der Waals surface area contributed by atoms with Gasteiger partial charge in [-0.1, -0.05) is 62.7 Å². The van der Waals surface area contributed by atoms with Crippen LogP contribution in [0.2, 0.25) is 5.02 Å². The monoisotopic (exact) mass is 358 g/mol. The number of nitrogens with one attached hydrogen (secondary N) is 2. The third kappa shape index (κ3) is 6.52. The average molecular weight is 359 g/mol. The lowest BCUT2D eigenvalue weighted by Crippen LogP contribution is -2.24. The van der Waals surface area contributed by atoms with Gasteiger partial charge < -0.3 is 10.6 Å². The summed E-state index contributed by atoms with van der Waals surface area (Å²) < 4.78 is 0. The molecule has 0 heterocycles.